The Morgan fingerprint density at radius 2 is 1.16 bits per heavy atom. The van der Waals surface area contributed by atoms with Gasteiger partial charge in [-0.05, 0) is 89.9 Å². The summed E-state index contributed by atoms with van der Waals surface area (Å²) in [5, 5.41) is 11.2. The quantitative estimate of drug-likeness (QED) is 0.0219. The fraction of sp³-hybridized carbons (Fsp3) is 0.633. The number of esters is 2. The van der Waals surface area contributed by atoms with Crippen molar-refractivity contribution in [2.24, 2.45) is 10.8 Å². The van der Waals surface area contributed by atoms with E-state index in [1.165, 1.54) is 84.0 Å². The number of hydrogen-bond acceptors (Lipinski definition) is 7. The molecule has 0 amide bonds. The highest BCUT2D eigenvalue weighted by atomic mass is 16.6. The summed E-state index contributed by atoms with van der Waals surface area (Å²) < 4.78 is 17.8. The molecule has 0 radical (unpaired) electrons. The average Bonchev–Trinajstić information content (AvgIpc) is 3.84. The van der Waals surface area contributed by atoms with E-state index in [9.17, 15) is 19.5 Å². The van der Waals surface area contributed by atoms with E-state index in [0.717, 1.165) is 35.1 Å². The zero-order valence-electron chi connectivity index (χ0n) is 44.0. The first-order valence-electron chi connectivity index (χ1n) is 25.8. The van der Waals surface area contributed by atoms with Crippen LogP contribution in [-0.4, -0.2) is 51.8 Å². The van der Waals surface area contributed by atoms with Gasteiger partial charge in [0.15, 0.2) is 5.78 Å². The molecule has 1 N–H and O–H groups in total. The highest BCUT2D eigenvalue weighted by molar-refractivity contribution is 5.96. The van der Waals surface area contributed by atoms with Crippen molar-refractivity contribution < 1.29 is 33.7 Å². The Hall–Kier alpha value is -4.03. The highest BCUT2D eigenvalue weighted by Gasteiger charge is 2.76. The van der Waals surface area contributed by atoms with Crippen LogP contribution in [0.4, 0.5) is 0 Å². The third kappa shape index (κ3) is 19.1. The lowest BCUT2D eigenvalue weighted by Gasteiger charge is -2.44. The molecule has 372 valence electrons. The molecule has 0 spiro atoms. The summed E-state index contributed by atoms with van der Waals surface area (Å²) in [6, 6.07) is 0. The van der Waals surface area contributed by atoms with Crippen molar-refractivity contribution >= 4 is 17.7 Å². The lowest BCUT2D eigenvalue weighted by atomic mass is 9.61. The number of carbonyl (C=O) groups excluding carboxylic acids is 3. The van der Waals surface area contributed by atoms with Gasteiger partial charge in [0.25, 0.3) is 0 Å². The number of ketones is 1. The Bertz CT molecular complexity index is 1950. The van der Waals surface area contributed by atoms with Crippen molar-refractivity contribution in [3.63, 3.8) is 0 Å². The van der Waals surface area contributed by atoms with Crippen molar-refractivity contribution in [3.05, 3.63) is 113 Å². The fourth-order valence-corrected chi connectivity index (χ4v) is 10.5. The molecule has 1 saturated heterocycles. The molecule has 7 heteroatoms. The maximum absolute atomic E-state index is 13.6. The second-order valence-corrected chi connectivity index (χ2v) is 21.7. The molecule has 0 aromatic rings. The van der Waals surface area contributed by atoms with Crippen molar-refractivity contribution in [3.8, 4) is 0 Å². The molecule has 0 unspecified atom stereocenters. The van der Waals surface area contributed by atoms with Crippen LogP contribution in [0.15, 0.2) is 113 Å². The number of hydrogen-bond donors (Lipinski definition) is 1. The Morgan fingerprint density at radius 3 is 1.70 bits per heavy atom. The number of epoxide rings is 1. The Kier molecular flexibility index (Phi) is 23.3. The molecule has 3 fully saturated rings. The van der Waals surface area contributed by atoms with Crippen LogP contribution in [-0.2, 0) is 28.6 Å². The zero-order chi connectivity index (χ0) is 49.7. The van der Waals surface area contributed by atoms with Crippen LogP contribution < -0.4 is 0 Å². The van der Waals surface area contributed by atoms with E-state index in [-0.39, 0.29) is 40.8 Å². The standard InChI is InChI=1S/C60H90O7/c1-13-14-15-16-17-18-19-20-21-22-23-24-25-26-27-38-55(63)66-52-42-57(9,10)60(59(12,44-52)67-60)45-53(62)49(5)37-31-36-47(3)33-29-28-32-46(2)34-30-35-48(4)39-40-54-56(7,8)41-51(65-50(6)61)43-58(54,11)64/h27-39,51-52,64H,13-26,41-45H2,1-12H3/b29-28+,34-30+,36-31+,38-27+,46-32+,47-33+,48-35+,49-37+/t40?,51-,52-,58+,59+,60-/m0/s1. The highest BCUT2D eigenvalue weighted by Crippen LogP contribution is 2.67. The van der Waals surface area contributed by atoms with E-state index in [0.29, 0.717) is 37.7 Å². The van der Waals surface area contributed by atoms with E-state index in [1.807, 2.05) is 101 Å². The first kappa shape index (κ1) is 57.3. The van der Waals surface area contributed by atoms with Crippen LogP contribution in [0.5, 0.6) is 0 Å². The molecule has 7 nitrogen and oxygen atoms in total. The normalized spacial score (nSPS) is 26.6. The number of unbranched alkanes of at least 4 members (excludes halogenated alkanes) is 13. The summed E-state index contributed by atoms with van der Waals surface area (Å²) in [6.45, 7) is 23.8. The molecular weight excluding hydrogens is 833 g/mol. The van der Waals surface area contributed by atoms with E-state index in [1.54, 1.807) is 13.0 Å². The molecular formula is C60H90O7. The first-order valence-corrected chi connectivity index (χ1v) is 25.8. The number of allylic oxidation sites excluding steroid dienone is 15. The van der Waals surface area contributed by atoms with Crippen LogP contribution in [0.1, 0.15) is 205 Å². The van der Waals surface area contributed by atoms with E-state index in [4.69, 9.17) is 14.2 Å². The second kappa shape index (κ2) is 27.2. The minimum Gasteiger partial charge on any atom is -0.462 e. The SMILES string of the molecule is CCCCCCCCCCCCCCC/C=C/C(=O)O[C@H]1CC(C)(C)[C@]2(CC(=O)/C(C)=C/C=C/C(C)=C/C=C/C=C(C)/C=C/C=C(\C)C=C=C3C(C)(C)C[C@H](OC(C)=O)C[C@@]3(C)O)O[C@]2(C)C1. The van der Waals surface area contributed by atoms with Crippen LogP contribution in [0.25, 0.3) is 0 Å². The Morgan fingerprint density at radius 1 is 0.642 bits per heavy atom. The molecule has 1 heterocycles. The predicted octanol–water partition coefficient (Wildman–Crippen LogP) is 15.3. The molecule has 0 aromatic carbocycles. The zero-order valence-corrected chi connectivity index (χ0v) is 44.0. The largest absolute Gasteiger partial charge is 0.462 e. The molecule has 2 saturated carbocycles. The minimum absolute atomic E-state index is 0.0679. The number of aliphatic hydroxyl groups is 1. The Balaban J connectivity index is 1.40. The molecule has 3 aliphatic rings. The molecule has 3 rings (SSSR count). The van der Waals surface area contributed by atoms with Gasteiger partial charge in [-0.15, -0.1) is 5.73 Å². The minimum atomic E-state index is -1.12. The third-order valence-electron chi connectivity index (χ3n) is 14.1. The smallest absolute Gasteiger partial charge is 0.330 e. The summed E-state index contributed by atoms with van der Waals surface area (Å²) in [6.07, 6.45) is 45.5. The summed E-state index contributed by atoms with van der Waals surface area (Å²) in [5.74, 6) is -0.546. The van der Waals surface area contributed by atoms with E-state index in [2.05, 4.69) is 47.3 Å². The molecule has 1 aliphatic heterocycles. The van der Waals surface area contributed by atoms with E-state index >= 15 is 0 Å². The van der Waals surface area contributed by atoms with Gasteiger partial charge in [-0.1, -0.05) is 190 Å². The summed E-state index contributed by atoms with van der Waals surface area (Å²) in [5.41, 5.74) is 5.08. The van der Waals surface area contributed by atoms with Gasteiger partial charge in [0.2, 0.25) is 0 Å². The van der Waals surface area contributed by atoms with Crippen molar-refractivity contribution in [2.75, 3.05) is 0 Å². The van der Waals surface area contributed by atoms with Gasteiger partial charge in [0.05, 0.1) is 11.2 Å². The van der Waals surface area contributed by atoms with Crippen LogP contribution in [0, 0.1) is 10.8 Å². The maximum Gasteiger partial charge on any atom is 0.330 e. The molecule has 0 aromatic heterocycles. The van der Waals surface area contributed by atoms with Crippen LogP contribution in [0.3, 0.4) is 0 Å². The van der Waals surface area contributed by atoms with Crippen molar-refractivity contribution in [1.82, 2.24) is 0 Å². The van der Waals surface area contributed by atoms with Gasteiger partial charge in [0, 0.05) is 43.3 Å². The summed E-state index contributed by atoms with van der Waals surface area (Å²) >= 11 is 0. The number of rotatable bonds is 27. The fourth-order valence-electron chi connectivity index (χ4n) is 10.5. The van der Waals surface area contributed by atoms with Gasteiger partial charge < -0.3 is 19.3 Å². The van der Waals surface area contributed by atoms with Crippen molar-refractivity contribution in [2.45, 2.75) is 234 Å². The van der Waals surface area contributed by atoms with Gasteiger partial charge in [-0.25, -0.2) is 4.79 Å². The van der Waals surface area contributed by atoms with Gasteiger partial charge in [-0.3, -0.25) is 9.59 Å². The molecule has 2 aliphatic carbocycles. The number of Topliss-reactive ketones (excluding diaryl/α,β-unsaturated/α-hetero) is 1. The Labute approximate surface area is 407 Å². The molecule has 67 heavy (non-hydrogen) atoms. The lowest BCUT2D eigenvalue weighted by Crippen LogP contribution is -2.49. The van der Waals surface area contributed by atoms with E-state index < -0.39 is 16.8 Å². The number of fused-ring (bicyclic) bond motifs is 1. The summed E-state index contributed by atoms with van der Waals surface area (Å²) in [7, 11) is 0. The topological polar surface area (TPSA) is 102 Å². The molecule has 5 atom stereocenters. The predicted molar refractivity (Wildman–Crippen MR) is 277 cm³/mol. The monoisotopic (exact) mass is 923 g/mol. The van der Waals surface area contributed by atoms with Crippen LogP contribution in [0.2, 0.25) is 0 Å². The third-order valence-corrected chi connectivity index (χ3v) is 14.1. The van der Waals surface area contributed by atoms with Crippen LogP contribution >= 0.6 is 0 Å². The first-order chi connectivity index (χ1) is 31.6. The number of ether oxygens (including phenoxy) is 3. The van der Waals surface area contributed by atoms with Gasteiger partial charge in [-0.2, -0.15) is 0 Å². The lowest BCUT2D eigenvalue weighted by molar-refractivity contribution is -0.152. The van der Waals surface area contributed by atoms with Crippen molar-refractivity contribution in [1.29, 1.82) is 0 Å². The number of carbonyl (C=O) groups is 3. The average molecular weight is 923 g/mol. The van der Waals surface area contributed by atoms with Gasteiger partial charge >= 0.3 is 11.9 Å². The second-order valence-electron chi connectivity index (χ2n) is 21.7. The molecule has 0 bridgehead atoms. The van der Waals surface area contributed by atoms with Gasteiger partial charge in [0.1, 0.15) is 17.8 Å². The maximum atomic E-state index is 13.6. The summed E-state index contributed by atoms with van der Waals surface area (Å²) in [4.78, 5) is 37.9.